The lowest BCUT2D eigenvalue weighted by atomic mass is 9.77. The zero-order chi connectivity index (χ0) is 24.6. The fraction of sp³-hybridized carbons (Fsp3) is 0.154. The van der Waals surface area contributed by atoms with Crippen molar-refractivity contribution in [1.82, 2.24) is 0 Å². The molecule has 0 saturated carbocycles. The number of ketones is 2. The Morgan fingerprint density at radius 3 is 2.06 bits per heavy atom. The van der Waals surface area contributed by atoms with Crippen LogP contribution in [0.1, 0.15) is 32.4 Å². The van der Waals surface area contributed by atoms with Crippen molar-refractivity contribution < 1.29 is 32.7 Å². The first-order chi connectivity index (χ1) is 16.8. The molecule has 0 radical (unpaired) electrons. The molecule has 1 spiro atoms. The summed E-state index contributed by atoms with van der Waals surface area (Å²) in [4.78, 5) is 55.2. The maximum Gasteiger partial charge on any atom is 0.241 e. The van der Waals surface area contributed by atoms with E-state index < -0.39 is 64.2 Å². The molecule has 174 valence electrons. The predicted octanol–water partition coefficient (Wildman–Crippen LogP) is 4.31. The van der Waals surface area contributed by atoms with Gasteiger partial charge in [0.1, 0.15) is 11.6 Å². The van der Waals surface area contributed by atoms with Crippen LogP contribution in [-0.4, -0.2) is 29.0 Å². The smallest absolute Gasteiger partial charge is 0.241 e. The lowest BCUT2D eigenvalue weighted by Crippen LogP contribution is -2.51. The van der Waals surface area contributed by atoms with Crippen LogP contribution in [-0.2, 0) is 14.3 Å². The molecule has 0 aromatic heterocycles. The van der Waals surface area contributed by atoms with Crippen LogP contribution >= 0.6 is 11.6 Å². The number of hydrogen-bond donors (Lipinski definition) is 0. The number of amides is 2. The summed E-state index contributed by atoms with van der Waals surface area (Å²) in [5.41, 5.74) is -2.16. The third-order valence-corrected chi connectivity index (χ3v) is 7.12. The van der Waals surface area contributed by atoms with E-state index in [0.29, 0.717) is 21.6 Å². The number of hydrogen-bond acceptors (Lipinski definition) is 5. The van der Waals surface area contributed by atoms with Crippen LogP contribution in [0.2, 0.25) is 5.02 Å². The molecule has 0 bridgehead atoms. The van der Waals surface area contributed by atoms with Gasteiger partial charge in [-0.25, -0.2) is 13.7 Å². The highest BCUT2D eigenvalue weighted by molar-refractivity contribution is 6.37. The highest BCUT2D eigenvalue weighted by atomic mass is 35.5. The average Bonchev–Trinajstić information content (AvgIpc) is 3.40. The lowest BCUT2D eigenvalue weighted by Gasteiger charge is -2.27. The Bertz CT molecular complexity index is 1440. The van der Waals surface area contributed by atoms with Crippen molar-refractivity contribution >= 4 is 40.7 Å². The summed E-state index contributed by atoms with van der Waals surface area (Å²) in [6.45, 7) is 0. The number of rotatable bonds is 2. The minimum atomic E-state index is -2.28. The van der Waals surface area contributed by atoms with Crippen LogP contribution < -0.4 is 4.90 Å². The Hall–Kier alpha value is -3.75. The van der Waals surface area contributed by atoms with Crippen LogP contribution in [0.3, 0.4) is 0 Å². The van der Waals surface area contributed by atoms with Crippen LogP contribution in [0.15, 0.2) is 66.7 Å². The van der Waals surface area contributed by atoms with Gasteiger partial charge in [-0.3, -0.25) is 19.2 Å². The molecule has 3 atom stereocenters. The molecule has 2 fully saturated rings. The maximum absolute atomic E-state index is 14.7. The van der Waals surface area contributed by atoms with E-state index in [-0.39, 0.29) is 11.1 Å². The van der Waals surface area contributed by atoms with Crippen LogP contribution in [0, 0.1) is 23.5 Å². The number of anilines is 1. The van der Waals surface area contributed by atoms with Crippen LogP contribution in [0.25, 0.3) is 0 Å². The first kappa shape index (κ1) is 21.8. The van der Waals surface area contributed by atoms with Crippen molar-refractivity contribution in [2.45, 2.75) is 11.7 Å². The Kier molecular flexibility index (Phi) is 4.58. The number of Topliss-reactive ketones (excluding diaryl/α,β-unsaturated/α-hetero) is 2. The Morgan fingerprint density at radius 2 is 1.46 bits per heavy atom. The topological polar surface area (TPSA) is 80.8 Å². The minimum absolute atomic E-state index is 0.0830. The van der Waals surface area contributed by atoms with Gasteiger partial charge >= 0.3 is 0 Å². The van der Waals surface area contributed by atoms with Gasteiger partial charge in [0.2, 0.25) is 29.0 Å². The second-order valence-electron chi connectivity index (χ2n) is 8.64. The minimum Gasteiger partial charge on any atom is -0.349 e. The molecule has 3 aliphatic rings. The molecular weight excluding hydrogens is 480 g/mol. The molecule has 0 unspecified atom stereocenters. The number of fused-ring (bicyclic) bond motifs is 3. The first-order valence-electron chi connectivity index (χ1n) is 10.7. The molecule has 6 nitrogen and oxygen atoms in total. The molecule has 6 rings (SSSR count). The monoisotopic (exact) mass is 493 g/mol. The van der Waals surface area contributed by atoms with Gasteiger partial charge in [-0.05, 0) is 29.8 Å². The summed E-state index contributed by atoms with van der Waals surface area (Å²) in [7, 11) is 0. The molecule has 35 heavy (non-hydrogen) atoms. The zero-order valence-corrected chi connectivity index (χ0v) is 18.5. The number of halogens is 3. The summed E-state index contributed by atoms with van der Waals surface area (Å²) < 4.78 is 34.3. The summed E-state index contributed by atoms with van der Waals surface area (Å²) in [5.74, 6) is -8.12. The van der Waals surface area contributed by atoms with Crippen LogP contribution in [0.5, 0.6) is 0 Å². The van der Waals surface area contributed by atoms with Crippen molar-refractivity contribution in [3.8, 4) is 0 Å². The van der Waals surface area contributed by atoms with Gasteiger partial charge in [0.05, 0.1) is 23.6 Å². The third-order valence-electron chi connectivity index (χ3n) is 6.87. The first-order valence-corrected chi connectivity index (χ1v) is 11.1. The molecule has 1 aliphatic carbocycles. The van der Waals surface area contributed by atoms with E-state index in [2.05, 4.69) is 0 Å². The number of benzene rings is 3. The van der Waals surface area contributed by atoms with E-state index in [0.717, 1.165) is 12.1 Å². The molecule has 9 heteroatoms. The molecule has 2 saturated heterocycles. The van der Waals surface area contributed by atoms with Gasteiger partial charge in [0, 0.05) is 22.2 Å². The van der Waals surface area contributed by atoms with Gasteiger partial charge in [-0.2, -0.15) is 0 Å². The van der Waals surface area contributed by atoms with Crippen molar-refractivity contribution in [3.05, 3.63) is 100 Å². The fourth-order valence-corrected chi connectivity index (χ4v) is 5.50. The van der Waals surface area contributed by atoms with E-state index in [9.17, 15) is 28.0 Å². The molecule has 2 aliphatic heterocycles. The van der Waals surface area contributed by atoms with E-state index in [1.54, 1.807) is 36.4 Å². The highest BCUT2D eigenvalue weighted by Crippen LogP contribution is 2.57. The predicted molar refractivity (Wildman–Crippen MR) is 119 cm³/mol. The molecule has 2 heterocycles. The second-order valence-corrected chi connectivity index (χ2v) is 9.08. The van der Waals surface area contributed by atoms with E-state index in [1.807, 2.05) is 0 Å². The third kappa shape index (κ3) is 2.78. The number of carbonyl (C=O) groups excluding carboxylic acids is 4. The lowest BCUT2D eigenvalue weighted by molar-refractivity contribution is -0.127. The Balaban J connectivity index is 1.55. The summed E-state index contributed by atoms with van der Waals surface area (Å²) in [6.07, 6.45) is -1.16. The summed E-state index contributed by atoms with van der Waals surface area (Å²) in [6, 6.07) is 14.7. The van der Waals surface area contributed by atoms with Gasteiger partial charge in [-0.1, -0.05) is 48.0 Å². The van der Waals surface area contributed by atoms with Crippen molar-refractivity contribution in [2.24, 2.45) is 11.8 Å². The van der Waals surface area contributed by atoms with Gasteiger partial charge in [0.15, 0.2) is 0 Å². The largest absolute Gasteiger partial charge is 0.349 e. The van der Waals surface area contributed by atoms with Crippen molar-refractivity contribution in [1.29, 1.82) is 0 Å². The number of imide groups is 1. The maximum atomic E-state index is 14.7. The van der Waals surface area contributed by atoms with Gasteiger partial charge < -0.3 is 4.74 Å². The zero-order valence-electron chi connectivity index (χ0n) is 17.7. The molecular formula is C26H14ClF2NO5. The quantitative estimate of drug-likeness (QED) is 0.392. The Labute approximate surface area is 202 Å². The Morgan fingerprint density at radius 1 is 0.829 bits per heavy atom. The van der Waals surface area contributed by atoms with E-state index >= 15 is 0 Å². The molecule has 3 aromatic carbocycles. The normalized spacial score (nSPS) is 24.4. The number of nitrogens with zero attached hydrogens (tertiary/aromatic N) is 1. The van der Waals surface area contributed by atoms with Crippen LogP contribution in [0.4, 0.5) is 14.5 Å². The van der Waals surface area contributed by atoms with E-state index in [1.165, 1.54) is 12.1 Å². The van der Waals surface area contributed by atoms with E-state index in [4.69, 9.17) is 16.3 Å². The number of carbonyl (C=O) groups is 4. The standard InChI is InChI=1S/C26H14ClF2NO5/c27-13-7-5-12(6-8-13)21-19-20(25(34)30(24(19)33)18-10-9-14(28)11-17(18)29)26(35-21)22(31)15-3-1-2-4-16(15)23(26)32/h1-11,19-21H/t19-,20-,21+/m0/s1. The summed E-state index contributed by atoms with van der Waals surface area (Å²) >= 11 is 5.99. The van der Waals surface area contributed by atoms with Gasteiger partial charge in [0.25, 0.3) is 0 Å². The average molecular weight is 494 g/mol. The molecule has 2 amide bonds. The highest BCUT2D eigenvalue weighted by Gasteiger charge is 2.74. The molecule has 0 N–H and O–H groups in total. The SMILES string of the molecule is O=C1[C@@H]2[C@@H](c3ccc(Cl)cc3)OC3(C(=O)c4ccccc4C3=O)[C@@H]2C(=O)N1c1ccc(F)cc1F. The fourth-order valence-electron chi connectivity index (χ4n) is 5.37. The number of ether oxygens (including phenoxy) is 1. The second kappa shape index (κ2) is 7.37. The van der Waals surface area contributed by atoms with Gasteiger partial charge in [-0.15, -0.1) is 0 Å². The molecule has 3 aromatic rings. The van der Waals surface area contributed by atoms with Crippen molar-refractivity contribution in [3.63, 3.8) is 0 Å². The van der Waals surface area contributed by atoms with Crippen molar-refractivity contribution in [2.75, 3.05) is 4.90 Å². The summed E-state index contributed by atoms with van der Waals surface area (Å²) in [5, 5.41) is 0.405.